The molecule has 1 atom stereocenters. The maximum atomic E-state index is 11.2. The molecule has 2 N–H and O–H groups in total. The Labute approximate surface area is 97.1 Å². The maximum absolute atomic E-state index is 11.2. The van der Waals surface area contributed by atoms with Crippen molar-refractivity contribution >= 4 is 16.6 Å². The Morgan fingerprint density at radius 3 is 2.94 bits per heavy atom. The minimum atomic E-state index is -0.762. The summed E-state index contributed by atoms with van der Waals surface area (Å²) in [6.07, 6.45) is 3.18. The molecule has 1 unspecified atom stereocenters. The monoisotopic (exact) mass is 243 g/mol. The van der Waals surface area contributed by atoms with E-state index in [9.17, 15) is 9.00 Å². The first-order chi connectivity index (χ1) is 7.61. The van der Waals surface area contributed by atoms with Crippen molar-refractivity contribution in [3.63, 3.8) is 0 Å². The quantitative estimate of drug-likeness (QED) is 0.714. The molecule has 6 heteroatoms. The van der Waals surface area contributed by atoms with E-state index in [4.69, 9.17) is 0 Å². The van der Waals surface area contributed by atoms with Gasteiger partial charge in [0.25, 0.3) is 5.56 Å². The molecule has 1 aromatic rings. The Morgan fingerprint density at radius 1 is 1.56 bits per heavy atom. The number of aromatic nitrogens is 2. The third-order valence-electron chi connectivity index (χ3n) is 2.04. The van der Waals surface area contributed by atoms with Crippen molar-refractivity contribution in [1.82, 2.24) is 9.97 Å². The van der Waals surface area contributed by atoms with Gasteiger partial charge in [-0.15, -0.1) is 0 Å². The van der Waals surface area contributed by atoms with Gasteiger partial charge in [-0.3, -0.25) is 9.00 Å². The number of aromatic amines is 1. The maximum Gasteiger partial charge on any atom is 0.252 e. The van der Waals surface area contributed by atoms with Crippen LogP contribution in [0.2, 0.25) is 0 Å². The van der Waals surface area contributed by atoms with Gasteiger partial charge in [-0.2, -0.15) is 0 Å². The van der Waals surface area contributed by atoms with Gasteiger partial charge in [0.05, 0.1) is 0 Å². The van der Waals surface area contributed by atoms with Gasteiger partial charge < -0.3 is 10.3 Å². The highest BCUT2D eigenvalue weighted by atomic mass is 32.2. The van der Waals surface area contributed by atoms with Crippen molar-refractivity contribution in [3.05, 3.63) is 22.2 Å². The molecule has 0 radical (unpaired) electrons. The molecule has 90 valence electrons. The van der Waals surface area contributed by atoms with Crippen LogP contribution in [0.15, 0.2) is 10.9 Å². The fourth-order valence-corrected chi connectivity index (χ4v) is 1.81. The van der Waals surface area contributed by atoms with Crippen LogP contribution in [0.1, 0.15) is 19.2 Å². The predicted molar refractivity (Wildman–Crippen MR) is 66.3 cm³/mol. The highest BCUT2D eigenvalue weighted by molar-refractivity contribution is 7.84. The van der Waals surface area contributed by atoms with Crippen LogP contribution in [0.5, 0.6) is 0 Å². The van der Waals surface area contributed by atoms with Gasteiger partial charge in [0.1, 0.15) is 11.6 Å². The zero-order chi connectivity index (χ0) is 12.0. The fourth-order valence-electron chi connectivity index (χ4n) is 1.26. The number of hydrogen-bond donors (Lipinski definition) is 2. The molecule has 5 nitrogen and oxygen atoms in total. The Hall–Kier alpha value is -1.17. The summed E-state index contributed by atoms with van der Waals surface area (Å²) in [6.45, 7) is 2.61. The van der Waals surface area contributed by atoms with Gasteiger partial charge in [0.15, 0.2) is 0 Å². The van der Waals surface area contributed by atoms with Crippen LogP contribution < -0.4 is 10.9 Å². The molecule has 0 bridgehead atoms. The topological polar surface area (TPSA) is 74.8 Å². The van der Waals surface area contributed by atoms with Gasteiger partial charge >= 0.3 is 0 Å². The minimum absolute atomic E-state index is 0.145. The van der Waals surface area contributed by atoms with Crippen LogP contribution in [-0.2, 0) is 17.2 Å². The second kappa shape index (κ2) is 6.42. The number of nitrogens with zero attached hydrogens (tertiary/aromatic N) is 1. The Bertz CT molecular complexity index is 417. The van der Waals surface area contributed by atoms with Gasteiger partial charge in [0, 0.05) is 41.8 Å². The molecule has 1 aromatic heterocycles. The zero-order valence-electron chi connectivity index (χ0n) is 9.58. The Kier molecular flexibility index (Phi) is 5.18. The fraction of sp³-hybridized carbons (Fsp3) is 0.600. The normalized spacial score (nSPS) is 12.4. The van der Waals surface area contributed by atoms with Gasteiger partial charge in [-0.05, 0) is 6.42 Å². The first-order valence-corrected chi connectivity index (χ1v) is 6.98. The molecule has 0 aliphatic heterocycles. The second-order valence-electron chi connectivity index (χ2n) is 3.49. The zero-order valence-corrected chi connectivity index (χ0v) is 10.4. The summed E-state index contributed by atoms with van der Waals surface area (Å²) >= 11 is 0. The number of hydrogen-bond acceptors (Lipinski definition) is 4. The second-order valence-corrected chi connectivity index (χ2v) is 5.04. The average molecular weight is 243 g/mol. The van der Waals surface area contributed by atoms with Gasteiger partial charge in [-0.1, -0.05) is 6.92 Å². The number of nitrogens with one attached hydrogen (secondary N) is 2. The molecule has 0 saturated carbocycles. The summed E-state index contributed by atoms with van der Waals surface area (Å²) in [5.41, 5.74) is -0.145. The largest absolute Gasteiger partial charge is 0.370 e. The van der Waals surface area contributed by atoms with Crippen molar-refractivity contribution in [3.8, 4) is 0 Å². The van der Waals surface area contributed by atoms with Crippen LogP contribution in [0, 0.1) is 0 Å². The summed E-state index contributed by atoms with van der Waals surface area (Å²) in [4.78, 5) is 18.1. The Balaban J connectivity index is 2.50. The van der Waals surface area contributed by atoms with Crippen LogP contribution in [0.4, 0.5) is 5.82 Å². The van der Waals surface area contributed by atoms with E-state index in [1.165, 1.54) is 6.07 Å². The molecule has 0 spiro atoms. The average Bonchev–Trinajstić information content (AvgIpc) is 2.23. The number of H-pyrrole nitrogens is 1. The van der Waals surface area contributed by atoms with Crippen molar-refractivity contribution in [2.24, 2.45) is 0 Å². The van der Waals surface area contributed by atoms with Crippen molar-refractivity contribution in [1.29, 1.82) is 0 Å². The predicted octanol–water partition coefficient (Wildman–Crippen LogP) is 0.513. The van der Waals surface area contributed by atoms with E-state index < -0.39 is 10.8 Å². The standard InChI is InChI=1S/C10H17N3O2S/c1-3-8-12-9(7-10(14)13-8)11-5-4-6-16(2)15/h7H,3-6H2,1-2H3,(H2,11,12,13,14). The summed E-state index contributed by atoms with van der Waals surface area (Å²) in [6, 6.07) is 1.43. The molecular weight excluding hydrogens is 226 g/mol. The third-order valence-corrected chi connectivity index (χ3v) is 2.90. The SMILES string of the molecule is CCc1nc(NCCCS(C)=O)cc(=O)[nH]1. The number of rotatable bonds is 6. The lowest BCUT2D eigenvalue weighted by Crippen LogP contribution is -2.14. The van der Waals surface area contributed by atoms with Crippen molar-refractivity contribution < 1.29 is 4.21 Å². The van der Waals surface area contributed by atoms with E-state index in [0.29, 0.717) is 30.4 Å². The van der Waals surface area contributed by atoms with E-state index in [-0.39, 0.29) is 5.56 Å². The molecule has 16 heavy (non-hydrogen) atoms. The summed E-state index contributed by atoms with van der Waals surface area (Å²) in [5.74, 6) is 1.92. The van der Waals surface area contributed by atoms with Gasteiger partial charge in [-0.25, -0.2) is 4.98 Å². The molecule has 0 fully saturated rings. The third kappa shape index (κ3) is 4.57. The molecule has 1 heterocycles. The molecule has 0 aromatic carbocycles. The van der Waals surface area contributed by atoms with Crippen LogP contribution in [0.3, 0.4) is 0 Å². The van der Waals surface area contributed by atoms with Crippen molar-refractivity contribution in [2.45, 2.75) is 19.8 Å². The number of anilines is 1. The molecule has 0 aliphatic carbocycles. The van der Waals surface area contributed by atoms with E-state index in [1.54, 1.807) is 6.26 Å². The van der Waals surface area contributed by atoms with E-state index >= 15 is 0 Å². The lowest BCUT2D eigenvalue weighted by atomic mass is 10.4. The summed E-state index contributed by atoms with van der Waals surface area (Å²) in [7, 11) is -0.762. The lowest BCUT2D eigenvalue weighted by molar-refractivity contribution is 0.685. The molecule has 0 saturated heterocycles. The summed E-state index contributed by atoms with van der Waals surface area (Å²) < 4.78 is 10.8. The first-order valence-electron chi connectivity index (χ1n) is 5.26. The highest BCUT2D eigenvalue weighted by Gasteiger charge is 1.99. The molecule has 0 amide bonds. The molecule has 1 rings (SSSR count). The van der Waals surface area contributed by atoms with E-state index in [0.717, 1.165) is 6.42 Å². The summed E-state index contributed by atoms with van der Waals surface area (Å²) in [5, 5.41) is 3.05. The highest BCUT2D eigenvalue weighted by Crippen LogP contribution is 1.99. The lowest BCUT2D eigenvalue weighted by Gasteiger charge is -2.05. The van der Waals surface area contributed by atoms with Gasteiger partial charge in [0.2, 0.25) is 0 Å². The van der Waals surface area contributed by atoms with Crippen LogP contribution >= 0.6 is 0 Å². The van der Waals surface area contributed by atoms with Crippen molar-refractivity contribution in [2.75, 3.05) is 23.9 Å². The first kappa shape index (κ1) is 12.9. The number of aryl methyl sites for hydroxylation is 1. The molecule has 0 aliphatic rings. The van der Waals surface area contributed by atoms with Crippen LogP contribution in [0.25, 0.3) is 0 Å². The molecular formula is C10H17N3O2S. The Morgan fingerprint density at radius 2 is 2.31 bits per heavy atom. The smallest absolute Gasteiger partial charge is 0.252 e. The van der Waals surface area contributed by atoms with E-state index in [2.05, 4.69) is 15.3 Å². The minimum Gasteiger partial charge on any atom is -0.370 e. The van der Waals surface area contributed by atoms with E-state index in [1.807, 2.05) is 6.92 Å². The van der Waals surface area contributed by atoms with Crippen LogP contribution in [-0.4, -0.2) is 32.7 Å².